The zero-order valence-corrected chi connectivity index (χ0v) is 12.6. The number of alkyl halides is 3. The molecule has 24 heavy (non-hydrogen) atoms. The molecule has 0 atom stereocenters. The van der Waals surface area contributed by atoms with Gasteiger partial charge in [-0.15, -0.1) is 0 Å². The summed E-state index contributed by atoms with van der Waals surface area (Å²) < 4.78 is 53.9. The molecule has 130 valence electrons. The Morgan fingerprint density at radius 3 is 2.67 bits per heavy atom. The van der Waals surface area contributed by atoms with Crippen LogP contribution in [0, 0.1) is 5.82 Å². The lowest BCUT2D eigenvalue weighted by Gasteiger charge is -2.05. The highest BCUT2D eigenvalue weighted by molar-refractivity contribution is 5.90. The number of nitrogens with one attached hydrogen (secondary N) is 1. The summed E-state index contributed by atoms with van der Waals surface area (Å²) in [5.74, 6) is -2.05. The first kappa shape index (κ1) is 17.9. The summed E-state index contributed by atoms with van der Waals surface area (Å²) in [6, 6.07) is 5.56. The van der Waals surface area contributed by atoms with E-state index in [2.05, 4.69) is 20.0 Å². The Labute approximate surface area is 135 Å². The third kappa shape index (κ3) is 5.64. The third-order valence-electron chi connectivity index (χ3n) is 3.12. The van der Waals surface area contributed by atoms with E-state index in [1.807, 2.05) is 0 Å². The largest absolute Gasteiger partial charge is 0.471 e. The summed E-state index contributed by atoms with van der Waals surface area (Å²) in [7, 11) is 0. The number of halogens is 4. The SMILES string of the molecule is O=C(CCCCCc1noc(C(F)(F)F)n1)Nc1cccc(F)c1. The van der Waals surface area contributed by atoms with E-state index in [4.69, 9.17) is 0 Å². The number of carbonyl (C=O) groups is 1. The molecule has 0 fully saturated rings. The van der Waals surface area contributed by atoms with Gasteiger partial charge >= 0.3 is 12.1 Å². The summed E-state index contributed by atoms with van der Waals surface area (Å²) in [5, 5.41) is 5.83. The summed E-state index contributed by atoms with van der Waals surface area (Å²) in [4.78, 5) is 14.9. The van der Waals surface area contributed by atoms with Gasteiger partial charge in [0.2, 0.25) is 5.91 Å². The number of aryl methyl sites for hydroxylation is 1. The second-order valence-electron chi connectivity index (χ2n) is 5.13. The fourth-order valence-corrected chi connectivity index (χ4v) is 2.01. The zero-order chi connectivity index (χ0) is 17.6. The van der Waals surface area contributed by atoms with E-state index >= 15 is 0 Å². The van der Waals surface area contributed by atoms with Gasteiger partial charge in [0.1, 0.15) is 5.82 Å². The highest BCUT2D eigenvalue weighted by Gasteiger charge is 2.38. The smallest absolute Gasteiger partial charge is 0.329 e. The topological polar surface area (TPSA) is 68.0 Å². The minimum Gasteiger partial charge on any atom is -0.329 e. The predicted octanol–water partition coefficient (Wildman–Crippen LogP) is 3.97. The molecule has 0 saturated carbocycles. The lowest BCUT2D eigenvalue weighted by Crippen LogP contribution is -2.11. The van der Waals surface area contributed by atoms with Crippen molar-refractivity contribution in [3.8, 4) is 0 Å². The van der Waals surface area contributed by atoms with E-state index in [0.717, 1.165) is 0 Å². The van der Waals surface area contributed by atoms with E-state index in [9.17, 15) is 22.4 Å². The molecule has 9 heteroatoms. The van der Waals surface area contributed by atoms with Crippen molar-refractivity contribution in [3.05, 3.63) is 41.8 Å². The first-order valence-electron chi connectivity index (χ1n) is 7.30. The number of benzene rings is 1. The molecule has 1 heterocycles. The summed E-state index contributed by atoms with van der Waals surface area (Å²) in [5.41, 5.74) is 0.381. The quantitative estimate of drug-likeness (QED) is 0.609. The van der Waals surface area contributed by atoms with Crippen LogP contribution < -0.4 is 5.32 Å². The van der Waals surface area contributed by atoms with Crippen molar-refractivity contribution in [3.63, 3.8) is 0 Å². The summed E-state index contributed by atoms with van der Waals surface area (Å²) in [6.07, 6.45) is -2.47. The molecule has 5 nitrogen and oxygen atoms in total. The van der Waals surface area contributed by atoms with Gasteiger partial charge in [0.25, 0.3) is 0 Å². The number of aromatic nitrogens is 2. The van der Waals surface area contributed by atoms with Crippen molar-refractivity contribution in [2.75, 3.05) is 5.32 Å². The molecule has 1 N–H and O–H groups in total. The average Bonchev–Trinajstić information content (AvgIpc) is 2.96. The Bertz CT molecular complexity index is 685. The number of rotatable bonds is 7. The molecule has 0 radical (unpaired) electrons. The zero-order valence-electron chi connectivity index (χ0n) is 12.6. The van der Waals surface area contributed by atoms with Gasteiger partial charge in [-0.3, -0.25) is 4.79 Å². The molecule has 0 unspecified atom stereocenters. The van der Waals surface area contributed by atoms with Crippen LogP contribution in [0.3, 0.4) is 0 Å². The number of carbonyl (C=O) groups excluding carboxylic acids is 1. The molecule has 1 aromatic carbocycles. The van der Waals surface area contributed by atoms with Crippen LogP contribution in [0.5, 0.6) is 0 Å². The Morgan fingerprint density at radius 1 is 1.21 bits per heavy atom. The highest BCUT2D eigenvalue weighted by Crippen LogP contribution is 2.27. The van der Waals surface area contributed by atoms with E-state index in [1.165, 1.54) is 18.2 Å². The first-order valence-corrected chi connectivity index (χ1v) is 7.30. The number of nitrogens with zero attached hydrogens (tertiary/aromatic N) is 2. The molecule has 2 aromatic rings. The van der Waals surface area contributed by atoms with Crippen LogP contribution in [0.2, 0.25) is 0 Å². The maximum atomic E-state index is 13.0. The highest BCUT2D eigenvalue weighted by atomic mass is 19.4. The molecule has 0 aliphatic heterocycles. The third-order valence-corrected chi connectivity index (χ3v) is 3.12. The number of unbranched alkanes of at least 4 members (excludes halogenated alkanes) is 2. The van der Waals surface area contributed by atoms with Crippen LogP contribution in [0.4, 0.5) is 23.2 Å². The van der Waals surface area contributed by atoms with Crippen LogP contribution in [0.15, 0.2) is 28.8 Å². The Kier molecular flexibility index (Phi) is 5.88. The van der Waals surface area contributed by atoms with Crippen LogP contribution in [-0.4, -0.2) is 16.0 Å². The van der Waals surface area contributed by atoms with Gasteiger partial charge in [-0.05, 0) is 31.0 Å². The monoisotopic (exact) mass is 345 g/mol. The lowest BCUT2D eigenvalue weighted by molar-refractivity contribution is -0.159. The van der Waals surface area contributed by atoms with Crippen LogP contribution in [0.25, 0.3) is 0 Å². The standard InChI is InChI=1S/C15H15F4N3O2/c16-10-5-4-6-11(9-10)20-13(23)8-3-1-2-7-12-21-14(24-22-12)15(17,18)19/h4-6,9H,1-3,7-8H2,(H,20,23). The number of hydrogen-bond acceptors (Lipinski definition) is 4. The van der Waals surface area contributed by atoms with Gasteiger partial charge in [0, 0.05) is 18.5 Å². The molecule has 0 spiro atoms. The van der Waals surface area contributed by atoms with Crippen LogP contribution in [-0.2, 0) is 17.4 Å². The van der Waals surface area contributed by atoms with Crippen molar-refractivity contribution in [2.24, 2.45) is 0 Å². The van der Waals surface area contributed by atoms with Crippen molar-refractivity contribution < 1.29 is 26.9 Å². The number of hydrogen-bond donors (Lipinski definition) is 1. The lowest BCUT2D eigenvalue weighted by atomic mass is 10.1. The first-order chi connectivity index (χ1) is 11.3. The van der Waals surface area contributed by atoms with Gasteiger partial charge in [-0.2, -0.15) is 18.2 Å². The summed E-state index contributed by atoms with van der Waals surface area (Å²) >= 11 is 0. The van der Waals surface area contributed by atoms with Crippen molar-refractivity contribution >= 4 is 11.6 Å². The fraction of sp³-hybridized carbons (Fsp3) is 0.400. The second kappa shape index (κ2) is 7.89. The van der Waals surface area contributed by atoms with E-state index in [-0.39, 0.29) is 24.6 Å². The van der Waals surface area contributed by atoms with Gasteiger partial charge in [0.15, 0.2) is 5.82 Å². The molecule has 0 bridgehead atoms. The van der Waals surface area contributed by atoms with E-state index < -0.39 is 17.9 Å². The van der Waals surface area contributed by atoms with Crippen LogP contribution in [0.1, 0.15) is 37.4 Å². The molecule has 0 aliphatic rings. The van der Waals surface area contributed by atoms with Crippen molar-refractivity contribution in [2.45, 2.75) is 38.3 Å². The molecular formula is C15H15F4N3O2. The van der Waals surface area contributed by atoms with Crippen LogP contribution >= 0.6 is 0 Å². The normalized spacial score (nSPS) is 11.5. The Hall–Kier alpha value is -2.45. The maximum Gasteiger partial charge on any atom is 0.471 e. The summed E-state index contributed by atoms with van der Waals surface area (Å²) in [6.45, 7) is 0. The predicted molar refractivity (Wildman–Crippen MR) is 76.5 cm³/mol. The fourth-order valence-electron chi connectivity index (χ4n) is 2.01. The Balaban J connectivity index is 1.64. The maximum absolute atomic E-state index is 13.0. The Morgan fingerprint density at radius 2 is 2.00 bits per heavy atom. The van der Waals surface area contributed by atoms with E-state index in [0.29, 0.717) is 24.9 Å². The minimum atomic E-state index is -4.64. The average molecular weight is 345 g/mol. The molecule has 1 aromatic heterocycles. The molecule has 0 aliphatic carbocycles. The number of amides is 1. The van der Waals surface area contributed by atoms with Gasteiger partial charge in [0.05, 0.1) is 0 Å². The van der Waals surface area contributed by atoms with Crippen molar-refractivity contribution in [1.29, 1.82) is 0 Å². The van der Waals surface area contributed by atoms with E-state index in [1.54, 1.807) is 6.07 Å². The van der Waals surface area contributed by atoms with Gasteiger partial charge in [-0.1, -0.05) is 17.6 Å². The minimum absolute atomic E-state index is 0.00784. The second-order valence-corrected chi connectivity index (χ2v) is 5.13. The van der Waals surface area contributed by atoms with Gasteiger partial charge in [-0.25, -0.2) is 4.39 Å². The molecule has 1 amide bonds. The molecule has 0 saturated heterocycles. The number of anilines is 1. The molecule has 2 rings (SSSR count). The molecular weight excluding hydrogens is 330 g/mol. The van der Waals surface area contributed by atoms with Gasteiger partial charge < -0.3 is 9.84 Å². The van der Waals surface area contributed by atoms with Crippen molar-refractivity contribution in [1.82, 2.24) is 10.1 Å².